The van der Waals surface area contributed by atoms with Crippen LogP contribution in [0.15, 0.2) is 77.7 Å². The summed E-state index contributed by atoms with van der Waals surface area (Å²) in [6.45, 7) is 2.96. The predicted octanol–water partition coefficient (Wildman–Crippen LogP) is 5.85. The molecule has 1 aliphatic rings. The molecule has 0 saturated heterocycles. The molecule has 7 nitrogen and oxygen atoms in total. The summed E-state index contributed by atoms with van der Waals surface area (Å²) in [5.74, 6) is -1.30. The van der Waals surface area contributed by atoms with Crippen LogP contribution in [0.4, 0.5) is 10.1 Å². The first-order valence-electron chi connectivity index (χ1n) is 13.7. The van der Waals surface area contributed by atoms with E-state index in [1.54, 1.807) is 43.3 Å². The lowest BCUT2D eigenvalue weighted by atomic mass is 9.95. The highest BCUT2D eigenvalue weighted by Gasteiger charge is 2.33. The summed E-state index contributed by atoms with van der Waals surface area (Å²) >= 11 is 5.99. The van der Waals surface area contributed by atoms with E-state index in [1.807, 2.05) is 6.92 Å². The molecule has 1 fully saturated rings. The summed E-state index contributed by atoms with van der Waals surface area (Å²) < 4.78 is 42.3. The van der Waals surface area contributed by atoms with E-state index in [4.69, 9.17) is 11.6 Å². The van der Waals surface area contributed by atoms with Crippen LogP contribution in [0.5, 0.6) is 0 Å². The van der Waals surface area contributed by atoms with E-state index >= 15 is 0 Å². The molecule has 0 unspecified atom stereocenters. The molecule has 1 atom stereocenters. The van der Waals surface area contributed by atoms with E-state index in [0.29, 0.717) is 16.3 Å². The third kappa shape index (κ3) is 7.86. The first kappa shape index (κ1) is 30.5. The Kier molecular flexibility index (Phi) is 10.0. The first-order chi connectivity index (χ1) is 19.5. The SMILES string of the molecule is Cc1ccc(N(CC(=O)N(Cc2ccc(F)cc2)[C@H](C)C(=O)NC2CCCCC2)S(=O)(=O)c2ccc(Cl)cc2)cc1. The van der Waals surface area contributed by atoms with Gasteiger partial charge in [-0.3, -0.25) is 13.9 Å². The number of rotatable bonds is 10. The summed E-state index contributed by atoms with van der Waals surface area (Å²) in [5.41, 5.74) is 1.84. The van der Waals surface area contributed by atoms with Crippen LogP contribution >= 0.6 is 11.6 Å². The summed E-state index contributed by atoms with van der Waals surface area (Å²) in [7, 11) is -4.18. The number of halogens is 2. The fourth-order valence-corrected chi connectivity index (χ4v) is 6.45. The van der Waals surface area contributed by atoms with Crippen LogP contribution in [0.25, 0.3) is 0 Å². The molecule has 3 aromatic rings. The van der Waals surface area contributed by atoms with Gasteiger partial charge in [0.1, 0.15) is 18.4 Å². The number of anilines is 1. The zero-order chi connectivity index (χ0) is 29.6. The topological polar surface area (TPSA) is 86.8 Å². The molecule has 2 amide bonds. The van der Waals surface area contributed by atoms with Crippen LogP contribution in [0, 0.1) is 12.7 Å². The van der Waals surface area contributed by atoms with Crippen molar-refractivity contribution < 1.29 is 22.4 Å². The van der Waals surface area contributed by atoms with Crippen molar-refractivity contribution >= 4 is 39.1 Å². The molecular formula is C31H35ClFN3O4S. The Morgan fingerprint density at radius 1 is 0.951 bits per heavy atom. The second-order valence-corrected chi connectivity index (χ2v) is 12.8. The normalized spacial score (nSPS) is 14.7. The van der Waals surface area contributed by atoms with Crippen molar-refractivity contribution in [2.24, 2.45) is 0 Å². The standard InChI is InChI=1S/C31H35ClFN3O4S/c1-22-8-16-28(17-9-22)36(41(39,40)29-18-12-25(32)13-19-29)21-30(37)35(20-24-10-14-26(33)15-11-24)23(2)31(38)34-27-6-4-3-5-7-27/h8-19,23,27H,3-7,20-21H2,1-2H3,(H,34,38)/t23-/m1/s1. The van der Waals surface area contributed by atoms with Crippen molar-refractivity contribution in [2.75, 3.05) is 10.8 Å². The molecule has 0 bridgehead atoms. The molecule has 10 heteroatoms. The molecule has 3 aromatic carbocycles. The lowest BCUT2D eigenvalue weighted by Gasteiger charge is -2.33. The van der Waals surface area contributed by atoms with Crippen molar-refractivity contribution in [1.29, 1.82) is 0 Å². The molecule has 0 aliphatic heterocycles. The molecule has 0 heterocycles. The van der Waals surface area contributed by atoms with Crippen LogP contribution in [0.2, 0.25) is 5.02 Å². The van der Waals surface area contributed by atoms with Gasteiger partial charge in [0, 0.05) is 17.6 Å². The highest BCUT2D eigenvalue weighted by molar-refractivity contribution is 7.92. The van der Waals surface area contributed by atoms with E-state index in [-0.39, 0.29) is 23.4 Å². The zero-order valence-electron chi connectivity index (χ0n) is 23.2. The molecule has 4 rings (SSSR count). The minimum atomic E-state index is -4.18. The maximum atomic E-state index is 14.0. The van der Waals surface area contributed by atoms with E-state index in [2.05, 4.69) is 5.32 Å². The first-order valence-corrected chi connectivity index (χ1v) is 15.6. The molecule has 1 N–H and O–H groups in total. The highest BCUT2D eigenvalue weighted by atomic mass is 35.5. The van der Waals surface area contributed by atoms with Crippen LogP contribution < -0.4 is 9.62 Å². The number of nitrogens with zero attached hydrogens (tertiary/aromatic N) is 2. The maximum Gasteiger partial charge on any atom is 0.264 e. The number of sulfonamides is 1. The number of carbonyl (C=O) groups is 2. The summed E-state index contributed by atoms with van der Waals surface area (Å²) in [6, 6.07) is 17.3. The van der Waals surface area contributed by atoms with E-state index < -0.39 is 34.3 Å². The number of amides is 2. The van der Waals surface area contributed by atoms with E-state index in [0.717, 1.165) is 42.0 Å². The van der Waals surface area contributed by atoms with Crippen molar-refractivity contribution in [3.63, 3.8) is 0 Å². The fourth-order valence-electron chi connectivity index (χ4n) is 4.91. The monoisotopic (exact) mass is 599 g/mol. The van der Waals surface area contributed by atoms with Crippen LogP contribution in [-0.2, 0) is 26.2 Å². The van der Waals surface area contributed by atoms with Crippen molar-refractivity contribution in [1.82, 2.24) is 10.2 Å². The number of benzene rings is 3. The Hall–Kier alpha value is -3.43. The van der Waals surface area contributed by atoms with Gasteiger partial charge in [0.05, 0.1) is 10.6 Å². The number of nitrogens with one attached hydrogen (secondary N) is 1. The lowest BCUT2D eigenvalue weighted by Crippen LogP contribution is -2.53. The molecule has 41 heavy (non-hydrogen) atoms. The van der Waals surface area contributed by atoms with Gasteiger partial charge in [0.15, 0.2) is 0 Å². The van der Waals surface area contributed by atoms with Crippen molar-refractivity contribution in [2.45, 2.75) is 69.5 Å². The molecule has 218 valence electrons. The Bertz CT molecular complexity index is 1440. The van der Waals surface area contributed by atoms with Gasteiger partial charge in [0.2, 0.25) is 11.8 Å². The number of aryl methyl sites for hydroxylation is 1. The quantitative estimate of drug-likeness (QED) is 0.317. The highest BCUT2D eigenvalue weighted by Crippen LogP contribution is 2.26. The Morgan fingerprint density at radius 3 is 2.17 bits per heavy atom. The van der Waals surface area contributed by atoms with Crippen molar-refractivity contribution in [3.8, 4) is 0 Å². The summed E-state index contributed by atoms with van der Waals surface area (Å²) in [6.07, 6.45) is 4.96. The molecular weight excluding hydrogens is 565 g/mol. The van der Waals surface area contributed by atoms with Gasteiger partial charge in [-0.15, -0.1) is 0 Å². The smallest absolute Gasteiger partial charge is 0.264 e. The third-order valence-electron chi connectivity index (χ3n) is 7.39. The maximum absolute atomic E-state index is 14.0. The largest absolute Gasteiger partial charge is 0.352 e. The summed E-state index contributed by atoms with van der Waals surface area (Å²) in [4.78, 5) is 28.6. The lowest BCUT2D eigenvalue weighted by molar-refractivity contribution is -0.139. The minimum absolute atomic E-state index is 0.00109. The van der Waals surface area contributed by atoms with Crippen molar-refractivity contribution in [3.05, 3.63) is 94.8 Å². The Balaban J connectivity index is 1.66. The molecule has 0 radical (unpaired) electrons. The number of hydrogen-bond acceptors (Lipinski definition) is 4. The van der Waals surface area contributed by atoms with Gasteiger partial charge >= 0.3 is 0 Å². The fraction of sp³-hybridized carbons (Fsp3) is 0.355. The van der Waals surface area contributed by atoms with Crippen LogP contribution in [0.1, 0.15) is 50.2 Å². The second-order valence-electron chi connectivity index (χ2n) is 10.5. The van der Waals surface area contributed by atoms with Gasteiger partial charge in [-0.1, -0.05) is 60.7 Å². The molecule has 0 aromatic heterocycles. The molecule has 0 spiro atoms. The molecule has 1 aliphatic carbocycles. The van der Waals surface area contributed by atoms with Crippen LogP contribution in [-0.4, -0.2) is 43.8 Å². The van der Waals surface area contributed by atoms with E-state index in [9.17, 15) is 22.4 Å². The van der Waals surface area contributed by atoms with Gasteiger partial charge in [-0.2, -0.15) is 0 Å². The predicted molar refractivity (Wildman–Crippen MR) is 159 cm³/mol. The average Bonchev–Trinajstić information content (AvgIpc) is 2.96. The molecule has 1 saturated carbocycles. The summed E-state index contributed by atoms with van der Waals surface area (Å²) in [5, 5.41) is 3.44. The number of carbonyl (C=O) groups excluding carboxylic acids is 2. The number of hydrogen-bond donors (Lipinski definition) is 1. The average molecular weight is 600 g/mol. The second kappa shape index (κ2) is 13.5. The Labute approximate surface area is 246 Å². The minimum Gasteiger partial charge on any atom is -0.352 e. The van der Waals surface area contributed by atoms with Gasteiger partial charge in [0.25, 0.3) is 10.0 Å². The van der Waals surface area contributed by atoms with Gasteiger partial charge in [-0.05, 0) is 80.8 Å². The Morgan fingerprint density at radius 2 is 1.56 bits per heavy atom. The third-order valence-corrected chi connectivity index (χ3v) is 9.43. The van der Waals surface area contributed by atoms with Gasteiger partial charge < -0.3 is 10.2 Å². The zero-order valence-corrected chi connectivity index (χ0v) is 24.8. The van der Waals surface area contributed by atoms with Gasteiger partial charge in [-0.25, -0.2) is 12.8 Å². The van der Waals surface area contributed by atoms with Crippen LogP contribution in [0.3, 0.4) is 0 Å². The van der Waals surface area contributed by atoms with E-state index in [1.165, 1.54) is 41.3 Å².